The molecule has 2 amide bonds. The van der Waals surface area contributed by atoms with Crippen molar-refractivity contribution in [3.8, 4) is 10.4 Å². The van der Waals surface area contributed by atoms with Crippen LogP contribution in [0.3, 0.4) is 0 Å². The third-order valence-electron chi connectivity index (χ3n) is 5.65. The van der Waals surface area contributed by atoms with E-state index >= 15 is 0 Å². The van der Waals surface area contributed by atoms with E-state index in [9.17, 15) is 24.6 Å². The van der Waals surface area contributed by atoms with Gasteiger partial charge >= 0.3 is 5.97 Å². The molecule has 2 aromatic carbocycles. The number of hydrogen-bond acceptors (Lipinski definition) is 6. The minimum atomic E-state index is -1.24. The van der Waals surface area contributed by atoms with Crippen molar-refractivity contribution in [2.24, 2.45) is 11.1 Å². The number of anilines is 1. The van der Waals surface area contributed by atoms with Crippen molar-refractivity contribution in [1.82, 2.24) is 5.32 Å². The van der Waals surface area contributed by atoms with E-state index in [1.54, 1.807) is 35.7 Å². The third kappa shape index (κ3) is 5.96. The number of carbonyl (C=O) groups is 3. The summed E-state index contributed by atoms with van der Waals surface area (Å²) in [5.74, 6) is -2.27. The number of aliphatic hydroxyl groups excluding tert-OH is 1. The van der Waals surface area contributed by atoms with Gasteiger partial charge in [-0.25, -0.2) is 4.79 Å². The number of nitrogens with one attached hydrogen (secondary N) is 3. The SMILES string of the molecule is CC(C)(C)[C@@H](CO)NC(=O)c1ccc(-c2sccc2C(=O)Nc2ccc(C(=N)N)cc2)c(C(=O)O)c1. The number of amidine groups is 1. The van der Waals surface area contributed by atoms with Gasteiger partial charge in [0.1, 0.15) is 5.84 Å². The van der Waals surface area contributed by atoms with Crippen molar-refractivity contribution >= 4 is 40.6 Å². The van der Waals surface area contributed by atoms with Crippen molar-refractivity contribution in [2.75, 3.05) is 11.9 Å². The standard InChI is InChI=1S/C26H28N4O5S/c1-26(2,3)20(13-31)30-23(32)15-6-9-17(19(12-15)25(34)35)21-18(10-11-36-21)24(33)29-16-7-4-14(5-8-16)22(27)28/h4-12,20,31H,13H2,1-3H3,(H3,27,28)(H,29,33)(H,30,32)(H,34,35)/t20-/m1/s1. The van der Waals surface area contributed by atoms with Crippen LogP contribution in [0.25, 0.3) is 10.4 Å². The smallest absolute Gasteiger partial charge is 0.336 e. The van der Waals surface area contributed by atoms with Crippen molar-refractivity contribution in [1.29, 1.82) is 5.41 Å². The summed E-state index contributed by atoms with van der Waals surface area (Å²) in [5.41, 5.74) is 6.67. The Hall–Kier alpha value is -4.02. The Labute approximate surface area is 212 Å². The van der Waals surface area contributed by atoms with Gasteiger partial charge in [-0.1, -0.05) is 26.8 Å². The maximum Gasteiger partial charge on any atom is 0.336 e. The number of rotatable bonds is 8. The molecule has 0 aliphatic rings. The highest BCUT2D eigenvalue weighted by Crippen LogP contribution is 2.34. The lowest BCUT2D eigenvalue weighted by Crippen LogP contribution is -2.46. The van der Waals surface area contributed by atoms with E-state index in [-0.39, 0.29) is 29.1 Å². The van der Waals surface area contributed by atoms with E-state index in [1.165, 1.54) is 29.5 Å². The van der Waals surface area contributed by atoms with Crippen LogP contribution < -0.4 is 16.4 Å². The van der Waals surface area contributed by atoms with Gasteiger partial charge in [0, 0.05) is 27.3 Å². The molecule has 0 aliphatic heterocycles. The molecule has 0 aliphatic carbocycles. The first kappa shape index (κ1) is 26.6. The molecule has 3 aromatic rings. The van der Waals surface area contributed by atoms with Gasteiger partial charge in [-0.2, -0.15) is 0 Å². The number of aliphatic hydroxyl groups is 1. The number of hydrogen-bond donors (Lipinski definition) is 6. The summed E-state index contributed by atoms with van der Waals surface area (Å²) in [6.07, 6.45) is 0. The van der Waals surface area contributed by atoms with E-state index in [4.69, 9.17) is 11.1 Å². The summed E-state index contributed by atoms with van der Waals surface area (Å²) < 4.78 is 0. The van der Waals surface area contributed by atoms with Gasteiger partial charge < -0.3 is 26.6 Å². The molecule has 1 aromatic heterocycles. The van der Waals surface area contributed by atoms with Crippen LogP contribution in [-0.4, -0.2) is 46.5 Å². The number of aromatic carboxylic acids is 1. The van der Waals surface area contributed by atoms with E-state index in [0.29, 0.717) is 21.7 Å². The summed E-state index contributed by atoms with van der Waals surface area (Å²) in [5, 5.41) is 34.2. The molecule has 0 spiro atoms. The molecule has 0 saturated carbocycles. The van der Waals surface area contributed by atoms with Crippen LogP contribution in [0.1, 0.15) is 57.4 Å². The average molecular weight is 509 g/mol. The fraction of sp³-hybridized carbons (Fsp3) is 0.231. The quantitative estimate of drug-likeness (QED) is 0.200. The topological polar surface area (TPSA) is 166 Å². The molecule has 9 nitrogen and oxygen atoms in total. The molecular formula is C26H28N4O5S. The third-order valence-corrected chi connectivity index (χ3v) is 6.60. The second kappa shape index (κ2) is 10.7. The summed E-state index contributed by atoms with van der Waals surface area (Å²) in [6, 6.07) is 11.8. The molecule has 0 unspecified atom stereocenters. The zero-order valence-corrected chi connectivity index (χ0v) is 20.9. The highest BCUT2D eigenvalue weighted by Gasteiger charge is 2.27. The Kier molecular flexibility index (Phi) is 7.91. The number of nitrogens with two attached hydrogens (primary N) is 1. The minimum absolute atomic E-state index is 0.0865. The van der Waals surface area contributed by atoms with Crippen molar-refractivity contribution in [3.05, 3.63) is 76.2 Å². The Morgan fingerprint density at radius 1 is 1.00 bits per heavy atom. The minimum Gasteiger partial charge on any atom is -0.478 e. The zero-order chi connectivity index (χ0) is 26.6. The predicted molar refractivity (Wildman–Crippen MR) is 140 cm³/mol. The van der Waals surface area contributed by atoms with Gasteiger partial charge in [-0.3, -0.25) is 15.0 Å². The Morgan fingerprint density at radius 3 is 2.19 bits per heavy atom. The van der Waals surface area contributed by atoms with Crippen LogP contribution in [0, 0.1) is 10.8 Å². The van der Waals surface area contributed by atoms with Crippen molar-refractivity contribution in [3.63, 3.8) is 0 Å². The van der Waals surface area contributed by atoms with Crippen molar-refractivity contribution < 1.29 is 24.6 Å². The first-order valence-electron chi connectivity index (χ1n) is 11.0. The number of amides is 2. The number of carboxylic acids is 1. The zero-order valence-electron chi connectivity index (χ0n) is 20.1. The highest BCUT2D eigenvalue weighted by molar-refractivity contribution is 7.14. The maximum absolute atomic E-state index is 13.0. The van der Waals surface area contributed by atoms with Gasteiger partial charge in [0.2, 0.25) is 0 Å². The molecule has 7 N–H and O–H groups in total. The summed E-state index contributed by atoms with van der Waals surface area (Å²) in [7, 11) is 0. The van der Waals surface area contributed by atoms with Gasteiger partial charge in [-0.05, 0) is 53.3 Å². The van der Waals surface area contributed by atoms with Crippen molar-refractivity contribution in [2.45, 2.75) is 26.8 Å². The lowest BCUT2D eigenvalue weighted by molar-refractivity contribution is 0.0697. The number of benzene rings is 2. The lowest BCUT2D eigenvalue weighted by atomic mass is 9.87. The second-order valence-corrected chi connectivity index (χ2v) is 10.2. The summed E-state index contributed by atoms with van der Waals surface area (Å²) in [4.78, 5) is 38.3. The monoisotopic (exact) mass is 508 g/mol. The Morgan fingerprint density at radius 2 is 1.64 bits per heavy atom. The first-order valence-corrected chi connectivity index (χ1v) is 11.9. The largest absolute Gasteiger partial charge is 0.478 e. The molecule has 1 heterocycles. The van der Waals surface area contributed by atoms with E-state index in [1.807, 2.05) is 20.8 Å². The van der Waals surface area contributed by atoms with Crippen LogP contribution >= 0.6 is 11.3 Å². The molecule has 3 rings (SSSR count). The number of carboxylic acid groups (broad SMARTS) is 1. The van der Waals surface area contributed by atoms with E-state index < -0.39 is 29.2 Å². The number of thiophene rings is 1. The molecular weight excluding hydrogens is 480 g/mol. The Bertz CT molecular complexity index is 1310. The lowest BCUT2D eigenvalue weighted by Gasteiger charge is -2.29. The molecule has 10 heteroatoms. The molecule has 36 heavy (non-hydrogen) atoms. The molecule has 0 radical (unpaired) electrons. The maximum atomic E-state index is 13.0. The summed E-state index contributed by atoms with van der Waals surface area (Å²) >= 11 is 1.21. The highest BCUT2D eigenvalue weighted by atomic mass is 32.1. The van der Waals surface area contributed by atoms with E-state index in [2.05, 4.69) is 10.6 Å². The van der Waals surface area contributed by atoms with Crippen LogP contribution in [0.4, 0.5) is 5.69 Å². The van der Waals surface area contributed by atoms with Crippen LogP contribution in [0.15, 0.2) is 53.9 Å². The summed E-state index contributed by atoms with van der Waals surface area (Å²) in [6.45, 7) is 5.37. The van der Waals surface area contributed by atoms with E-state index in [0.717, 1.165) is 0 Å². The van der Waals surface area contributed by atoms with Crippen LogP contribution in [0.2, 0.25) is 0 Å². The number of carbonyl (C=O) groups excluding carboxylic acids is 2. The average Bonchev–Trinajstić information content (AvgIpc) is 3.31. The van der Waals surface area contributed by atoms with Crippen LogP contribution in [0.5, 0.6) is 0 Å². The van der Waals surface area contributed by atoms with Crippen LogP contribution in [-0.2, 0) is 0 Å². The fourth-order valence-electron chi connectivity index (χ4n) is 3.47. The predicted octanol–water partition coefficient (Wildman–Crippen LogP) is 3.79. The molecule has 0 fully saturated rings. The number of nitrogen functional groups attached to an aromatic ring is 1. The second-order valence-electron chi connectivity index (χ2n) is 9.25. The molecule has 0 bridgehead atoms. The molecule has 0 saturated heterocycles. The van der Waals surface area contributed by atoms with Gasteiger partial charge in [-0.15, -0.1) is 11.3 Å². The molecule has 1 atom stereocenters. The molecule has 188 valence electrons. The van der Waals surface area contributed by atoms with Gasteiger partial charge in [0.05, 0.1) is 23.8 Å². The first-order chi connectivity index (χ1) is 16.9. The fourth-order valence-corrected chi connectivity index (χ4v) is 4.40. The normalized spacial score (nSPS) is 12.0. The Balaban J connectivity index is 1.90. The van der Waals surface area contributed by atoms with Gasteiger partial charge in [0.25, 0.3) is 11.8 Å². The van der Waals surface area contributed by atoms with Gasteiger partial charge in [0.15, 0.2) is 0 Å².